The second-order valence-electron chi connectivity index (χ2n) is 4.38. The van der Waals surface area contributed by atoms with Crippen LogP contribution in [0.3, 0.4) is 0 Å². The van der Waals surface area contributed by atoms with Crippen molar-refractivity contribution >= 4 is 17.3 Å². The molecule has 0 aliphatic carbocycles. The zero-order valence-electron chi connectivity index (χ0n) is 10.3. The summed E-state index contributed by atoms with van der Waals surface area (Å²) in [6.07, 6.45) is 0. The van der Waals surface area contributed by atoms with Crippen molar-refractivity contribution in [3.8, 4) is 0 Å². The summed E-state index contributed by atoms with van der Waals surface area (Å²) in [4.78, 5) is 2.30. The van der Waals surface area contributed by atoms with Crippen LogP contribution in [0.5, 0.6) is 0 Å². The van der Waals surface area contributed by atoms with Crippen molar-refractivity contribution < 1.29 is 0 Å². The van der Waals surface area contributed by atoms with Crippen LogP contribution in [-0.2, 0) is 6.54 Å². The number of hydrogen-bond acceptors (Lipinski definition) is 2. The predicted octanol–water partition coefficient (Wildman–Crippen LogP) is 3.28. The molecule has 0 aliphatic rings. The average Bonchev–Trinajstić information content (AvgIpc) is 2.25. The van der Waals surface area contributed by atoms with E-state index in [0.717, 1.165) is 29.4 Å². The van der Waals surface area contributed by atoms with E-state index < -0.39 is 0 Å². The number of halogens is 1. The van der Waals surface area contributed by atoms with E-state index in [1.807, 2.05) is 18.2 Å². The van der Waals surface area contributed by atoms with Gasteiger partial charge in [0.15, 0.2) is 0 Å². The van der Waals surface area contributed by atoms with Crippen molar-refractivity contribution in [2.75, 3.05) is 18.0 Å². The molecule has 0 bridgehead atoms. The molecule has 0 saturated carbocycles. The topological polar surface area (TPSA) is 29.3 Å². The molecule has 0 amide bonds. The molecule has 0 fully saturated rings. The molecular weight excluding hydrogens is 220 g/mol. The quantitative estimate of drug-likeness (QED) is 0.856. The number of hydrogen-bond donors (Lipinski definition) is 1. The summed E-state index contributed by atoms with van der Waals surface area (Å²) in [5, 5.41) is 0.797. The molecule has 0 saturated heterocycles. The highest BCUT2D eigenvalue weighted by Gasteiger charge is 2.13. The Labute approximate surface area is 103 Å². The summed E-state index contributed by atoms with van der Waals surface area (Å²) in [7, 11) is 0. The zero-order chi connectivity index (χ0) is 12.1. The Kier molecular flexibility index (Phi) is 5.10. The van der Waals surface area contributed by atoms with Crippen LogP contribution < -0.4 is 10.6 Å². The van der Waals surface area contributed by atoms with E-state index in [-0.39, 0.29) is 0 Å². The van der Waals surface area contributed by atoms with Gasteiger partial charge in [0.1, 0.15) is 0 Å². The minimum Gasteiger partial charge on any atom is -0.370 e. The van der Waals surface area contributed by atoms with Crippen LogP contribution in [-0.4, -0.2) is 13.1 Å². The Morgan fingerprint density at radius 1 is 1.38 bits per heavy atom. The molecule has 16 heavy (non-hydrogen) atoms. The molecule has 90 valence electrons. The van der Waals surface area contributed by atoms with Gasteiger partial charge in [-0.2, -0.15) is 0 Å². The molecule has 3 heteroatoms. The molecule has 0 aromatic heterocycles. The van der Waals surface area contributed by atoms with Gasteiger partial charge in [-0.15, -0.1) is 0 Å². The van der Waals surface area contributed by atoms with E-state index in [4.69, 9.17) is 17.3 Å². The second-order valence-corrected chi connectivity index (χ2v) is 4.79. The molecule has 0 aliphatic heterocycles. The first kappa shape index (κ1) is 13.3. The fourth-order valence-electron chi connectivity index (χ4n) is 1.90. The number of nitrogens with two attached hydrogens (primary N) is 1. The summed E-state index contributed by atoms with van der Waals surface area (Å²) < 4.78 is 0. The van der Waals surface area contributed by atoms with Crippen LogP contribution >= 0.6 is 11.6 Å². The lowest BCUT2D eigenvalue weighted by Gasteiger charge is -2.28. The fourth-order valence-corrected chi connectivity index (χ4v) is 2.21. The highest BCUT2D eigenvalue weighted by atomic mass is 35.5. The first-order valence-electron chi connectivity index (χ1n) is 5.82. The van der Waals surface area contributed by atoms with Gasteiger partial charge in [0, 0.05) is 19.6 Å². The number of para-hydroxylation sites is 1. The average molecular weight is 241 g/mol. The maximum Gasteiger partial charge on any atom is 0.0642 e. The molecule has 2 N–H and O–H groups in total. The van der Waals surface area contributed by atoms with E-state index in [0.29, 0.717) is 12.5 Å². The zero-order valence-corrected chi connectivity index (χ0v) is 11.1. The van der Waals surface area contributed by atoms with Crippen molar-refractivity contribution in [2.24, 2.45) is 11.7 Å². The lowest BCUT2D eigenvalue weighted by Crippen LogP contribution is -2.28. The Morgan fingerprint density at radius 2 is 2.06 bits per heavy atom. The van der Waals surface area contributed by atoms with Crippen LogP contribution in [0.2, 0.25) is 5.02 Å². The van der Waals surface area contributed by atoms with E-state index in [1.165, 1.54) is 0 Å². The first-order valence-corrected chi connectivity index (χ1v) is 6.20. The largest absolute Gasteiger partial charge is 0.370 e. The van der Waals surface area contributed by atoms with Gasteiger partial charge in [-0.1, -0.05) is 37.6 Å². The van der Waals surface area contributed by atoms with E-state index in [1.54, 1.807) is 0 Å². The molecular formula is C13H21ClN2. The van der Waals surface area contributed by atoms with E-state index in [9.17, 15) is 0 Å². The monoisotopic (exact) mass is 240 g/mol. The van der Waals surface area contributed by atoms with Crippen molar-refractivity contribution in [1.29, 1.82) is 0 Å². The van der Waals surface area contributed by atoms with Crippen LogP contribution in [0.4, 0.5) is 5.69 Å². The van der Waals surface area contributed by atoms with E-state index >= 15 is 0 Å². The van der Waals surface area contributed by atoms with Gasteiger partial charge in [0.05, 0.1) is 10.7 Å². The van der Waals surface area contributed by atoms with Crippen molar-refractivity contribution in [3.05, 3.63) is 28.8 Å². The minimum atomic E-state index is 0.532. The van der Waals surface area contributed by atoms with Gasteiger partial charge >= 0.3 is 0 Å². The molecule has 0 radical (unpaired) electrons. The highest BCUT2D eigenvalue weighted by Crippen LogP contribution is 2.30. The third-order valence-corrected chi connectivity index (χ3v) is 2.88. The molecule has 1 aromatic rings. The Morgan fingerprint density at radius 3 is 2.56 bits per heavy atom. The van der Waals surface area contributed by atoms with Gasteiger partial charge in [0.25, 0.3) is 0 Å². The molecule has 0 spiro atoms. The second kappa shape index (κ2) is 6.12. The Hall–Kier alpha value is -0.730. The summed E-state index contributed by atoms with van der Waals surface area (Å²) >= 11 is 6.27. The van der Waals surface area contributed by atoms with Crippen molar-refractivity contribution in [3.63, 3.8) is 0 Å². The Balaban J connectivity index is 3.07. The van der Waals surface area contributed by atoms with Gasteiger partial charge < -0.3 is 10.6 Å². The molecule has 2 nitrogen and oxygen atoms in total. The van der Waals surface area contributed by atoms with Crippen LogP contribution in [0.25, 0.3) is 0 Å². The highest BCUT2D eigenvalue weighted by molar-refractivity contribution is 6.33. The SMILES string of the molecule is CCN(CC(C)C)c1c(Cl)cccc1CN. The Bertz CT molecular complexity index is 337. The van der Waals surface area contributed by atoms with Gasteiger partial charge in [-0.05, 0) is 24.5 Å². The standard InChI is InChI=1S/C13H21ClN2/c1-4-16(9-10(2)3)13-11(8-15)6-5-7-12(13)14/h5-7,10H,4,8-9,15H2,1-3H3. The van der Waals surface area contributed by atoms with Crippen molar-refractivity contribution in [2.45, 2.75) is 27.3 Å². The third kappa shape index (κ3) is 3.13. The number of rotatable bonds is 5. The van der Waals surface area contributed by atoms with Crippen LogP contribution in [0.15, 0.2) is 18.2 Å². The molecule has 0 heterocycles. The number of benzene rings is 1. The van der Waals surface area contributed by atoms with E-state index in [2.05, 4.69) is 25.7 Å². The smallest absolute Gasteiger partial charge is 0.0642 e. The predicted molar refractivity (Wildman–Crippen MR) is 72.1 cm³/mol. The van der Waals surface area contributed by atoms with Gasteiger partial charge in [0.2, 0.25) is 0 Å². The fraction of sp³-hybridized carbons (Fsp3) is 0.538. The lowest BCUT2D eigenvalue weighted by molar-refractivity contribution is 0.617. The summed E-state index contributed by atoms with van der Waals surface area (Å²) in [5.41, 5.74) is 7.98. The van der Waals surface area contributed by atoms with Gasteiger partial charge in [-0.3, -0.25) is 0 Å². The maximum atomic E-state index is 6.27. The van der Waals surface area contributed by atoms with Crippen LogP contribution in [0.1, 0.15) is 26.3 Å². The summed E-state index contributed by atoms with van der Waals surface area (Å²) in [6, 6.07) is 5.93. The normalized spacial score (nSPS) is 10.9. The molecule has 1 rings (SSSR count). The number of nitrogens with zero attached hydrogens (tertiary/aromatic N) is 1. The lowest BCUT2D eigenvalue weighted by atomic mass is 10.1. The van der Waals surface area contributed by atoms with Crippen LogP contribution in [0, 0.1) is 5.92 Å². The molecule has 1 aromatic carbocycles. The minimum absolute atomic E-state index is 0.532. The van der Waals surface area contributed by atoms with Crippen molar-refractivity contribution in [1.82, 2.24) is 0 Å². The maximum absolute atomic E-state index is 6.27. The first-order chi connectivity index (χ1) is 7.60. The number of anilines is 1. The third-order valence-electron chi connectivity index (χ3n) is 2.57. The molecule has 0 atom stereocenters. The summed E-state index contributed by atoms with van der Waals surface area (Å²) in [6.45, 7) is 9.06. The summed E-state index contributed by atoms with van der Waals surface area (Å²) in [5.74, 6) is 0.613. The molecule has 0 unspecified atom stereocenters. The van der Waals surface area contributed by atoms with Gasteiger partial charge in [-0.25, -0.2) is 0 Å².